The number of esters is 1. The highest BCUT2D eigenvalue weighted by molar-refractivity contribution is 5.76. The Bertz CT molecular complexity index is 1220. The van der Waals surface area contributed by atoms with E-state index >= 15 is 0 Å². The van der Waals surface area contributed by atoms with Crippen molar-refractivity contribution >= 4 is 11.9 Å². The van der Waals surface area contributed by atoms with Crippen molar-refractivity contribution in [3.8, 4) is 0 Å². The number of amides is 1. The number of carbonyl (C=O) groups excluding carboxylic acids is 2. The Balaban J connectivity index is 3.37. The molecule has 0 fully saturated rings. The Labute approximate surface area is 488 Å². The van der Waals surface area contributed by atoms with Gasteiger partial charge in [-0.1, -0.05) is 353 Å². The Morgan fingerprint density at radius 2 is 0.641 bits per heavy atom. The number of nitrogens with one attached hydrogen (secondary N) is 1. The van der Waals surface area contributed by atoms with E-state index in [1.807, 2.05) is 0 Å². The van der Waals surface area contributed by atoms with Crippen LogP contribution in [0.2, 0.25) is 0 Å². The molecule has 6 nitrogen and oxygen atoms in total. The van der Waals surface area contributed by atoms with E-state index in [0.717, 1.165) is 44.9 Å². The van der Waals surface area contributed by atoms with Crippen LogP contribution in [0.3, 0.4) is 0 Å². The molecule has 0 aromatic heterocycles. The van der Waals surface area contributed by atoms with Crippen LogP contribution in [0.4, 0.5) is 0 Å². The van der Waals surface area contributed by atoms with E-state index in [9.17, 15) is 19.8 Å². The molecule has 3 N–H and O–H groups in total. The predicted octanol–water partition coefficient (Wildman–Crippen LogP) is 22.9. The van der Waals surface area contributed by atoms with E-state index in [0.29, 0.717) is 25.9 Å². The fraction of sp³-hybridized carbons (Fsp3) is 0.917. The predicted molar refractivity (Wildman–Crippen MR) is 343 cm³/mol. The zero-order valence-corrected chi connectivity index (χ0v) is 52.9. The number of aliphatic hydroxyl groups is 2. The number of hydrogen-bond donors (Lipinski definition) is 3. The topological polar surface area (TPSA) is 95.9 Å². The van der Waals surface area contributed by atoms with Crippen LogP contribution in [0.5, 0.6) is 0 Å². The Morgan fingerprint density at radius 3 is 0.974 bits per heavy atom. The Hall–Kier alpha value is -1.66. The van der Waals surface area contributed by atoms with Gasteiger partial charge < -0.3 is 20.3 Å². The van der Waals surface area contributed by atoms with E-state index in [1.54, 1.807) is 0 Å². The molecule has 0 bridgehead atoms. The monoisotopic (exact) mass is 1100 g/mol. The van der Waals surface area contributed by atoms with Gasteiger partial charge in [0.25, 0.3) is 0 Å². The second-order valence-corrected chi connectivity index (χ2v) is 24.6. The van der Waals surface area contributed by atoms with Gasteiger partial charge in [-0.15, -0.1) is 0 Å². The van der Waals surface area contributed by atoms with Crippen LogP contribution in [0.1, 0.15) is 399 Å². The second-order valence-electron chi connectivity index (χ2n) is 24.6. The molecule has 2 unspecified atom stereocenters. The zero-order chi connectivity index (χ0) is 56.4. The molecular weight excluding hydrogens is 959 g/mol. The highest BCUT2D eigenvalue weighted by Crippen LogP contribution is 2.19. The van der Waals surface area contributed by atoms with Crippen molar-refractivity contribution in [2.45, 2.75) is 411 Å². The fourth-order valence-electron chi connectivity index (χ4n) is 11.3. The number of aliphatic hydroxyl groups excluding tert-OH is 2. The zero-order valence-electron chi connectivity index (χ0n) is 52.9. The highest BCUT2D eigenvalue weighted by atomic mass is 16.5. The number of rotatable bonds is 67. The van der Waals surface area contributed by atoms with Crippen molar-refractivity contribution in [2.24, 2.45) is 0 Å². The number of hydrogen-bond acceptors (Lipinski definition) is 5. The van der Waals surface area contributed by atoms with Gasteiger partial charge in [-0.25, -0.2) is 0 Å². The maximum Gasteiger partial charge on any atom is 0.305 e. The SMILES string of the molecule is CCCCCCCCCCCCCCCCCCCCC(=O)OCCCCCCCCCCC/C=C\C/C=C\CCCCCCCCCCCCCCCC(=O)NC(CO)C(O)CCCCCCCCCCCCCCCC. The van der Waals surface area contributed by atoms with E-state index < -0.39 is 12.1 Å². The van der Waals surface area contributed by atoms with Gasteiger partial charge in [0.1, 0.15) is 0 Å². The Morgan fingerprint density at radius 1 is 0.359 bits per heavy atom. The molecule has 0 heterocycles. The van der Waals surface area contributed by atoms with Gasteiger partial charge in [0.05, 0.1) is 25.4 Å². The molecule has 0 saturated heterocycles. The summed E-state index contributed by atoms with van der Waals surface area (Å²) in [6.45, 7) is 4.99. The van der Waals surface area contributed by atoms with Gasteiger partial charge in [-0.2, -0.15) is 0 Å². The lowest BCUT2D eigenvalue weighted by Gasteiger charge is -2.22. The van der Waals surface area contributed by atoms with Gasteiger partial charge in [-0.05, 0) is 57.8 Å². The summed E-state index contributed by atoms with van der Waals surface area (Å²) in [5.74, 6) is -0.0165. The van der Waals surface area contributed by atoms with Gasteiger partial charge >= 0.3 is 5.97 Å². The second kappa shape index (κ2) is 67.8. The lowest BCUT2D eigenvalue weighted by atomic mass is 10.0. The smallest absolute Gasteiger partial charge is 0.305 e. The molecule has 0 saturated carbocycles. The van der Waals surface area contributed by atoms with Crippen molar-refractivity contribution in [3.05, 3.63) is 24.3 Å². The summed E-state index contributed by atoms with van der Waals surface area (Å²) in [6.07, 6.45) is 85.2. The third-order valence-electron chi connectivity index (χ3n) is 16.8. The van der Waals surface area contributed by atoms with E-state index in [1.165, 1.54) is 321 Å². The average Bonchev–Trinajstić information content (AvgIpc) is 3.44. The van der Waals surface area contributed by atoms with Crippen LogP contribution >= 0.6 is 0 Å². The maximum atomic E-state index is 12.5. The van der Waals surface area contributed by atoms with E-state index in [2.05, 4.69) is 43.5 Å². The molecule has 0 aromatic rings. The molecule has 2 atom stereocenters. The summed E-state index contributed by atoms with van der Waals surface area (Å²) in [4.78, 5) is 24.6. The van der Waals surface area contributed by atoms with E-state index in [4.69, 9.17) is 4.74 Å². The quantitative estimate of drug-likeness (QED) is 0.0320. The summed E-state index contributed by atoms with van der Waals surface area (Å²) in [6, 6.07) is -0.542. The highest BCUT2D eigenvalue weighted by Gasteiger charge is 2.20. The minimum atomic E-state index is -0.664. The Kier molecular flexibility index (Phi) is 66.4. The summed E-state index contributed by atoms with van der Waals surface area (Å²) < 4.78 is 5.51. The maximum absolute atomic E-state index is 12.5. The molecule has 0 spiro atoms. The van der Waals surface area contributed by atoms with Crippen LogP contribution < -0.4 is 5.32 Å². The summed E-state index contributed by atoms with van der Waals surface area (Å²) in [5, 5.41) is 23.3. The van der Waals surface area contributed by atoms with Crippen molar-refractivity contribution in [3.63, 3.8) is 0 Å². The molecule has 0 aliphatic rings. The van der Waals surface area contributed by atoms with E-state index in [-0.39, 0.29) is 18.5 Å². The first kappa shape index (κ1) is 76.3. The minimum Gasteiger partial charge on any atom is -0.466 e. The number of allylic oxidation sites excluding steroid dienone is 4. The lowest BCUT2D eigenvalue weighted by Crippen LogP contribution is -2.45. The molecule has 0 aromatic carbocycles. The fourth-order valence-corrected chi connectivity index (χ4v) is 11.3. The van der Waals surface area contributed by atoms with Crippen LogP contribution in [0, 0.1) is 0 Å². The summed E-state index contributed by atoms with van der Waals surface area (Å²) >= 11 is 0. The average molecular weight is 1100 g/mol. The third kappa shape index (κ3) is 63.5. The summed E-state index contributed by atoms with van der Waals surface area (Å²) in [7, 11) is 0. The first-order chi connectivity index (χ1) is 38.5. The molecule has 1 amide bonds. The summed E-state index contributed by atoms with van der Waals surface area (Å²) in [5.41, 5.74) is 0. The van der Waals surface area contributed by atoms with Crippen LogP contribution in [-0.2, 0) is 14.3 Å². The van der Waals surface area contributed by atoms with Gasteiger partial charge in [-0.3, -0.25) is 9.59 Å². The van der Waals surface area contributed by atoms with Crippen molar-refractivity contribution < 1.29 is 24.5 Å². The first-order valence-electron chi connectivity index (χ1n) is 35.6. The van der Waals surface area contributed by atoms with Gasteiger partial charge in [0.15, 0.2) is 0 Å². The van der Waals surface area contributed by atoms with Gasteiger partial charge in [0.2, 0.25) is 5.91 Å². The van der Waals surface area contributed by atoms with Crippen molar-refractivity contribution in [1.82, 2.24) is 5.32 Å². The lowest BCUT2D eigenvalue weighted by molar-refractivity contribution is -0.143. The molecular formula is C72H139NO5. The number of unbranched alkanes of at least 4 members (excludes halogenated alkanes) is 52. The number of ether oxygens (including phenoxy) is 1. The standard InChI is InChI=1S/C72H139NO5/c1-3-5-7-9-11-13-15-17-19-20-35-38-42-46-50-54-58-62-66-72(77)78-67-63-59-55-51-47-43-39-36-33-31-29-27-25-23-21-22-24-26-28-30-32-34-37-41-45-49-53-57-61-65-71(76)73-69(68-74)70(75)64-60-56-52-48-44-40-18-16-14-12-10-8-6-4-2/h21,23,27,29,69-70,74-75H,3-20,22,24-26,28,30-68H2,1-2H3,(H,73,76)/b23-21-,29-27-. The first-order valence-corrected chi connectivity index (χ1v) is 35.6. The van der Waals surface area contributed by atoms with Gasteiger partial charge in [0, 0.05) is 12.8 Å². The normalized spacial score (nSPS) is 12.6. The van der Waals surface area contributed by atoms with Crippen LogP contribution in [0.15, 0.2) is 24.3 Å². The third-order valence-corrected chi connectivity index (χ3v) is 16.8. The molecule has 0 aliphatic carbocycles. The van der Waals surface area contributed by atoms with Crippen molar-refractivity contribution in [1.29, 1.82) is 0 Å². The largest absolute Gasteiger partial charge is 0.466 e. The molecule has 0 radical (unpaired) electrons. The molecule has 0 aliphatic heterocycles. The molecule has 6 heteroatoms. The van der Waals surface area contributed by atoms with Crippen LogP contribution in [0.25, 0.3) is 0 Å². The van der Waals surface area contributed by atoms with Crippen LogP contribution in [-0.4, -0.2) is 47.4 Å². The van der Waals surface area contributed by atoms with Crippen molar-refractivity contribution in [2.75, 3.05) is 13.2 Å². The minimum absolute atomic E-state index is 0.0171. The molecule has 0 rings (SSSR count). The number of carbonyl (C=O) groups is 2. The molecule has 78 heavy (non-hydrogen) atoms. The molecule has 462 valence electrons.